The van der Waals surface area contributed by atoms with E-state index in [2.05, 4.69) is 6.58 Å². The number of allylic oxidation sites excluding steroid dienone is 1. The number of hydrogen-bond acceptors (Lipinski definition) is 3. The van der Waals surface area contributed by atoms with Gasteiger partial charge in [0.1, 0.15) is 11.3 Å². The number of aromatic hydroxyl groups is 1. The molecule has 0 amide bonds. The van der Waals surface area contributed by atoms with Crippen LogP contribution in [-0.2, 0) is 6.42 Å². The molecular weight excluding hydrogens is 192 g/mol. The van der Waals surface area contributed by atoms with E-state index in [1.165, 1.54) is 12.1 Å². The van der Waals surface area contributed by atoms with Crippen LogP contribution in [0.3, 0.4) is 0 Å². The summed E-state index contributed by atoms with van der Waals surface area (Å²) in [5.41, 5.74) is 0.848. The number of phenols is 1. The summed E-state index contributed by atoms with van der Waals surface area (Å²) in [6.07, 6.45) is 2.33. The third-order valence-corrected chi connectivity index (χ3v) is 2.18. The fraction of sp³-hybridized carbons (Fsp3) is 0.0833. The van der Waals surface area contributed by atoms with Crippen molar-refractivity contribution in [1.29, 1.82) is 0 Å². The van der Waals surface area contributed by atoms with Gasteiger partial charge in [-0.2, -0.15) is 0 Å². The first kappa shape index (κ1) is 9.52. The molecule has 1 heterocycles. The highest BCUT2D eigenvalue weighted by molar-refractivity contribution is 5.81. The average molecular weight is 202 g/mol. The first-order chi connectivity index (χ1) is 7.20. The monoisotopic (exact) mass is 202 g/mol. The van der Waals surface area contributed by atoms with Gasteiger partial charge in [-0.25, -0.2) is 4.79 Å². The van der Waals surface area contributed by atoms with Crippen molar-refractivity contribution in [3.8, 4) is 5.75 Å². The van der Waals surface area contributed by atoms with Crippen LogP contribution in [0.1, 0.15) is 5.56 Å². The van der Waals surface area contributed by atoms with Crippen LogP contribution in [-0.4, -0.2) is 5.11 Å². The minimum absolute atomic E-state index is 0.0846. The van der Waals surface area contributed by atoms with Gasteiger partial charge in [-0.3, -0.25) is 0 Å². The minimum Gasteiger partial charge on any atom is -0.508 e. The van der Waals surface area contributed by atoms with E-state index in [0.29, 0.717) is 12.0 Å². The maximum atomic E-state index is 11.2. The molecule has 76 valence electrons. The van der Waals surface area contributed by atoms with E-state index < -0.39 is 5.63 Å². The van der Waals surface area contributed by atoms with E-state index in [-0.39, 0.29) is 5.75 Å². The third kappa shape index (κ3) is 1.76. The molecule has 0 radical (unpaired) electrons. The highest BCUT2D eigenvalue weighted by Gasteiger charge is 2.04. The average Bonchev–Trinajstić information content (AvgIpc) is 2.17. The zero-order valence-electron chi connectivity index (χ0n) is 8.06. The molecule has 0 aliphatic carbocycles. The summed E-state index contributed by atoms with van der Waals surface area (Å²) >= 11 is 0. The van der Waals surface area contributed by atoms with Crippen molar-refractivity contribution < 1.29 is 9.52 Å². The van der Waals surface area contributed by atoms with Gasteiger partial charge in [0, 0.05) is 17.5 Å². The highest BCUT2D eigenvalue weighted by atomic mass is 16.4. The van der Waals surface area contributed by atoms with Crippen LogP contribution in [0, 0.1) is 0 Å². The van der Waals surface area contributed by atoms with Crippen LogP contribution in [0.2, 0.25) is 0 Å². The standard InChI is InChI=1S/C12H10O3/c1-2-3-8-6-12(14)15-11-7-9(13)4-5-10(8)11/h2,4-7,13H,1,3H2. The summed E-state index contributed by atoms with van der Waals surface area (Å²) in [6, 6.07) is 6.17. The van der Waals surface area contributed by atoms with E-state index in [9.17, 15) is 9.90 Å². The lowest BCUT2D eigenvalue weighted by atomic mass is 10.1. The van der Waals surface area contributed by atoms with Gasteiger partial charge in [-0.05, 0) is 24.1 Å². The highest BCUT2D eigenvalue weighted by Crippen LogP contribution is 2.21. The largest absolute Gasteiger partial charge is 0.508 e. The molecule has 2 aromatic rings. The molecule has 0 aliphatic rings. The van der Waals surface area contributed by atoms with Crippen LogP contribution in [0.5, 0.6) is 5.75 Å². The number of benzene rings is 1. The smallest absolute Gasteiger partial charge is 0.336 e. The lowest BCUT2D eigenvalue weighted by molar-refractivity contribution is 0.473. The van der Waals surface area contributed by atoms with E-state index in [0.717, 1.165) is 10.9 Å². The van der Waals surface area contributed by atoms with Gasteiger partial charge in [-0.1, -0.05) is 6.08 Å². The summed E-state index contributed by atoms with van der Waals surface area (Å²) in [5, 5.41) is 10.1. The van der Waals surface area contributed by atoms with Crippen molar-refractivity contribution >= 4 is 11.0 Å². The molecule has 2 rings (SSSR count). The maximum Gasteiger partial charge on any atom is 0.336 e. The van der Waals surface area contributed by atoms with Crippen molar-refractivity contribution in [2.24, 2.45) is 0 Å². The van der Waals surface area contributed by atoms with E-state index in [4.69, 9.17) is 4.42 Å². The molecule has 1 aromatic heterocycles. The SMILES string of the molecule is C=CCc1cc(=O)oc2cc(O)ccc12. The quantitative estimate of drug-likeness (QED) is 0.600. The zero-order chi connectivity index (χ0) is 10.8. The Morgan fingerprint density at radius 1 is 1.40 bits per heavy atom. The molecule has 0 bridgehead atoms. The maximum absolute atomic E-state index is 11.2. The van der Waals surface area contributed by atoms with E-state index in [1.807, 2.05) is 0 Å². The van der Waals surface area contributed by atoms with Crippen LogP contribution in [0.4, 0.5) is 0 Å². The predicted molar refractivity (Wildman–Crippen MR) is 58.0 cm³/mol. The van der Waals surface area contributed by atoms with Crippen molar-refractivity contribution in [1.82, 2.24) is 0 Å². The molecule has 3 nitrogen and oxygen atoms in total. The predicted octanol–water partition coefficient (Wildman–Crippen LogP) is 2.23. The fourth-order valence-corrected chi connectivity index (χ4v) is 1.54. The Balaban J connectivity index is 2.79. The second-order valence-electron chi connectivity index (χ2n) is 3.26. The number of phenolic OH excluding ortho intramolecular Hbond substituents is 1. The Morgan fingerprint density at radius 3 is 2.93 bits per heavy atom. The van der Waals surface area contributed by atoms with Crippen LogP contribution < -0.4 is 5.63 Å². The summed E-state index contributed by atoms with van der Waals surface area (Å²) in [4.78, 5) is 11.2. The second kappa shape index (κ2) is 3.61. The van der Waals surface area contributed by atoms with Crippen LogP contribution >= 0.6 is 0 Å². The van der Waals surface area contributed by atoms with Gasteiger partial charge >= 0.3 is 5.63 Å². The van der Waals surface area contributed by atoms with Crippen molar-refractivity contribution in [2.45, 2.75) is 6.42 Å². The summed E-state index contributed by atoms with van der Waals surface area (Å²) in [6.45, 7) is 3.63. The zero-order valence-corrected chi connectivity index (χ0v) is 8.06. The summed E-state index contributed by atoms with van der Waals surface area (Å²) in [7, 11) is 0. The van der Waals surface area contributed by atoms with E-state index in [1.54, 1.807) is 18.2 Å². The normalized spacial score (nSPS) is 10.4. The van der Waals surface area contributed by atoms with Gasteiger partial charge < -0.3 is 9.52 Å². The van der Waals surface area contributed by atoms with E-state index >= 15 is 0 Å². The van der Waals surface area contributed by atoms with Crippen molar-refractivity contribution in [3.63, 3.8) is 0 Å². The van der Waals surface area contributed by atoms with Crippen molar-refractivity contribution in [2.75, 3.05) is 0 Å². The number of fused-ring (bicyclic) bond motifs is 1. The molecule has 15 heavy (non-hydrogen) atoms. The fourth-order valence-electron chi connectivity index (χ4n) is 1.54. The Bertz CT molecular complexity index is 567. The van der Waals surface area contributed by atoms with Gasteiger partial charge in [0.05, 0.1) is 0 Å². The Labute approximate surface area is 86.3 Å². The molecule has 0 unspecified atom stereocenters. The third-order valence-electron chi connectivity index (χ3n) is 2.18. The molecule has 0 spiro atoms. The summed E-state index contributed by atoms with van der Waals surface area (Å²) < 4.78 is 4.98. The molecule has 0 atom stereocenters. The van der Waals surface area contributed by atoms with Gasteiger partial charge in [0.25, 0.3) is 0 Å². The molecule has 0 saturated heterocycles. The van der Waals surface area contributed by atoms with Gasteiger partial charge in [0.15, 0.2) is 0 Å². The molecule has 1 N–H and O–H groups in total. The van der Waals surface area contributed by atoms with Crippen LogP contribution in [0.25, 0.3) is 11.0 Å². The van der Waals surface area contributed by atoms with Crippen molar-refractivity contribution in [3.05, 3.63) is 52.9 Å². The second-order valence-corrected chi connectivity index (χ2v) is 3.26. The number of rotatable bonds is 2. The molecule has 0 aliphatic heterocycles. The first-order valence-corrected chi connectivity index (χ1v) is 4.57. The Morgan fingerprint density at radius 2 is 2.20 bits per heavy atom. The molecule has 0 saturated carbocycles. The lowest BCUT2D eigenvalue weighted by Gasteiger charge is -2.02. The van der Waals surface area contributed by atoms with Gasteiger partial charge in [-0.15, -0.1) is 6.58 Å². The first-order valence-electron chi connectivity index (χ1n) is 4.57. The Hall–Kier alpha value is -2.03. The lowest BCUT2D eigenvalue weighted by Crippen LogP contribution is -1.99. The number of hydrogen-bond donors (Lipinski definition) is 1. The minimum atomic E-state index is -0.412. The summed E-state index contributed by atoms with van der Waals surface area (Å²) in [5.74, 6) is 0.0846. The Kier molecular flexibility index (Phi) is 2.29. The molecule has 1 aromatic carbocycles. The molecular formula is C12H10O3. The van der Waals surface area contributed by atoms with Gasteiger partial charge in [0.2, 0.25) is 0 Å². The molecule has 3 heteroatoms. The van der Waals surface area contributed by atoms with Crippen LogP contribution in [0.15, 0.2) is 46.1 Å². The molecule has 0 fully saturated rings. The topological polar surface area (TPSA) is 50.4 Å².